The van der Waals surface area contributed by atoms with Crippen molar-refractivity contribution in [1.29, 1.82) is 0 Å². The molecule has 0 fully saturated rings. The Morgan fingerprint density at radius 1 is 1.05 bits per heavy atom. The quantitative estimate of drug-likeness (QED) is 0.455. The van der Waals surface area contributed by atoms with E-state index in [0.717, 1.165) is 4.90 Å². The van der Waals surface area contributed by atoms with E-state index in [1.54, 1.807) is 7.05 Å². The number of aliphatic carboxylic acids is 1. The molecule has 0 spiro atoms. The minimum absolute atomic E-state index is 0.0576. The van der Waals surface area contributed by atoms with Gasteiger partial charge in [0.25, 0.3) is 0 Å². The number of carbonyl (C=O) groups is 4. The first-order chi connectivity index (χ1) is 9.36. The average molecular weight is 287 g/mol. The second-order valence-electron chi connectivity index (χ2n) is 4.30. The Hall–Kier alpha value is -1.96. The van der Waals surface area contributed by atoms with Gasteiger partial charge in [-0.3, -0.25) is 19.2 Å². The number of Topliss-reactive ketones (excluding diaryl/α,β-unsaturated/α-hetero) is 1. The lowest BCUT2D eigenvalue weighted by Crippen LogP contribution is -2.44. The van der Waals surface area contributed by atoms with Crippen LogP contribution in [-0.2, 0) is 19.2 Å². The van der Waals surface area contributed by atoms with Crippen molar-refractivity contribution in [3.05, 3.63) is 0 Å². The molecule has 8 nitrogen and oxygen atoms in total. The highest BCUT2D eigenvalue weighted by Crippen LogP contribution is 1.94. The Labute approximate surface area is 117 Å². The van der Waals surface area contributed by atoms with Gasteiger partial charge in [-0.1, -0.05) is 0 Å². The average Bonchev–Trinajstić information content (AvgIpc) is 2.34. The normalized spacial score (nSPS) is 9.90. The van der Waals surface area contributed by atoms with Crippen LogP contribution in [0.2, 0.25) is 0 Å². The van der Waals surface area contributed by atoms with E-state index in [9.17, 15) is 19.2 Å². The summed E-state index contributed by atoms with van der Waals surface area (Å²) in [5, 5.41) is 14.0. The fourth-order valence-corrected chi connectivity index (χ4v) is 1.39. The van der Waals surface area contributed by atoms with E-state index in [4.69, 9.17) is 5.11 Å². The summed E-state index contributed by atoms with van der Waals surface area (Å²) in [6, 6.07) is 0. The molecule has 8 heteroatoms. The van der Waals surface area contributed by atoms with Gasteiger partial charge in [0, 0.05) is 25.9 Å². The number of carboxylic acid groups (broad SMARTS) is 1. The third-order valence-electron chi connectivity index (χ3n) is 2.40. The minimum atomic E-state index is -1.18. The van der Waals surface area contributed by atoms with Gasteiger partial charge in [0.15, 0.2) is 0 Å². The standard InChI is InChI=1S/C12H21N3O5/c1-9(16)3-6-14-10(17)7-15(8-12(19)20)11(18)4-5-13-2/h13H,3-8H2,1-2H3,(H,14,17)(H,19,20). The van der Waals surface area contributed by atoms with Crippen molar-refractivity contribution in [3.63, 3.8) is 0 Å². The highest BCUT2D eigenvalue weighted by Gasteiger charge is 2.19. The van der Waals surface area contributed by atoms with Crippen LogP contribution in [0, 0.1) is 0 Å². The Kier molecular flexibility index (Phi) is 8.93. The summed E-state index contributed by atoms with van der Waals surface area (Å²) in [4.78, 5) is 45.7. The molecule has 0 heterocycles. The Morgan fingerprint density at radius 2 is 1.70 bits per heavy atom. The molecular weight excluding hydrogens is 266 g/mol. The molecule has 0 atom stereocenters. The molecule has 0 aromatic carbocycles. The van der Waals surface area contributed by atoms with Gasteiger partial charge < -0.3 is 20.6 Å². The summed E-state index contributed by atoms with van der Waals surface area (Å²) in [6.45, 7) is 1.14. The third-order valence-corrected chi connectivity index (χ3v) is 2.40. The van der Waals surface area contributed by atoms with Gasteiger partial charge >= 0.3 is 5.97 Å². The molecule has 0 aliphatic rings. The molecule has 0 aromatic rings. The van der Waals surface area contributed by atoms with Crippen LogP contribution >= 0.6 is 0 Å². The maximum Gasteiger partial charge on any atom is 0.323 e. The van der Waals surface area contributed by atoms with Crippen LogP contribution in [0.25, 0.3) is 0 Å². The molecule has 0 rings (SSSR count). The van der Waals surface area contributed by atoms with Crippen molar-refractivity contribution >= 4 is 23.6 Å². The van der Waals surface area contributed by atoms with E-state index in [1.165, 1.54) is 6.92 Å². The number of carbonyl (C=O) groups excluding carboxylic acids is 3. The predicted octanol–water partition coefficient (Wildman–Crippen LogP) is -1.40. The van der Waals surface area contributed by atoms with E-state index < -0.39 is 24.3 Å². The summed E-state index contributed by atoms with van der Waals surface area (Å²) in [6.07, 6.45) is 0.322. The van der Waals surface area contributed by atoms with Crippen molar-refractivity contribution in [1.82, 2.24) is 15.5 Å². The van der Waals surface area contributed by atoms with E-state index in [2.05, 4.69) is 10.6 Å². The second-order valence-corrected chi connectivity index (χ2v) is 4.30. The summed E-state index contributed by atoms with van der Waals surface area (Å²) < 4.78 is 0. The first kappa shape index (κ1) is 18.0. The van der Waals surface area contributed by atoms with Crippen LogP contribution in [0.4, 0.5) is 0 Å². The van der Waals surface area contributed by atoms with E-state index in [0.29, 0.717) is 6.54 Å². The number of carboxylic acids is 1. The Morgan fingerprint density at radius 3 is 2.20 bits per heavy atom. The number of amides is 2. The lowest BCUT2D eigenvalue weighted by atomic mass is 10.3. The molecule has 0 aliphatic heterocycles. The minimum Gasteiger partial charge on any atom is -0.480 e. The second kappa shape index (κ2) is 9.90. The Bertz CT molecular complexity index is 370. The number of hydrogen-bond acceptors (Lipinski definition) is 5. The topological polar surface area (TPSA) is 116 Å². The highest BCUT2D eigenvalue weighted by atomic mass is 16.4. The summed E-state index contributed by atoms with van der Waals surface area (Å²) in [5.41, 5.74) is 0. The predicted molar refractivity (Wildman–Crippen MR) is 71.1 cm³/mol. The number of rotatable bonds is 10. The first-order valence-electron chi connectivity index (χ1n) is 6.27. The van der Waals surface area contributed by atoms with E-state index >= 15 is 0 Å². The molecule has 0 saturated heterocycles. The molecule has 0 bridgehead atoms. The van der Waals surface area contributed by atoms with Crippen molar-refractivity contribution < 1.29 is 24.3 Å². The monoisotopic (exact) mass is 287 g/mol. The molecule has 3 N–H and O–H groups in total. The van der Waals surface area contributed by atoms with Gasteiger partial charge in [-0.25, -0.2) is 0 Å². The summed E-state index contributed by atoms with van der Waals surface area (Å²) in [7, 11) is 1.67. The molecule has 114 valence electrons. The molecule has 0 aliphatic carbocycles. The van der Waals surface area contributed by atoms with Crippen molar-refractivity contribution in [2.75, 3.05) is 33.2 Å². The smallest absolute Gasteiger partial charge is 0.323 e. The van der Waals surface area contributed by atoms with Crippen LogP contribution in [0.15, 0.2) is 0 Å². The number of nitrogens with zero attached hydrogens (tertiary/aromatic N) is 1. The fourth-order valence-electron chi connectivity index (χ4n) is 1.39. The molecule has 20 heavy (non-hydrogen) atoms. The van der Waals surface area contributed by atoms with Crippen LogP contribution in [-0.4, -0.2) is 66.8 Å². The van der Waals surface area contributed by atoms with Crippen molar-refractivity contribution in [2.24, 2.45) is 0 Å². The van der Waals surface area contributed by atoms with Crippen molar-refractivity contribution in [3.8, 4) is 0 Å². The third kappa shape index (κ3) is 9.03. The van der Waals surface area contributed by atoms with E-state index in [1.807, 2.05) is 0 Å². The lowest BCUT2D eigenvalue weighted by Gasteiger charge is -2.20. The van der Waals surface area contributed by atoms with Gasteiger partial charge in [0.1, 0.15) is 18.9 Å². The zero-order valence-corrected chi connectivity index (χ0v) is 11.8. The fraction of sp³-hybridized carbons (Fsp3) is 0.667. The maximum absolute atomic E-state index is 11.7. The molecule has 0 aromatic heterocycles. The molecular formula is C12H21N3O5. The van der Waals surface area contributed by atoms with Crippen LogP contribution < -0.4 is 10.6 Å². The van der Waals surface area contributed by atoms with Gasteiger partial charge in [-0.15, -0.1) is 0 Å². The molecule has 2 amide bonds. The van der Waals surface area contributed by atoms with Gasteiger partial charge in [0.05, 0.1) is 0 Å². The lowest BCUT2D eigenvalue weighted by molar-refractivity contribution is -0.145. The van der Waals surface area contributed by atoms with Gasteiger partial charge in [0.2, 0.25) is 11.8 Å². The highest BCUT2D eigenvalue weighted by molar-refractivity contribution is 5.87. The van der Waals surface area contributed by atoms with Crippen LogP contribution in [0.5, 0.6) is 0 Å². The van der Waals surface area contributed by atoms with Crippen LogP contribution in [0.1, 0.15) is 19.8 Å². The number of hydrogen-bond donors (Lipinski definition) is 3. The molecule has 0 radical (unpaired) electrons. The Balaban J connectivity index is 4.33. The maximum atomic E-state index is 11.7. The van der Waals surface area contributed by atoms with Gasteiger partial charge in [-0.05, 0) is 14.0 Å². The summed E-state index contributed by atoms with van der Waals surface area (Å²) >= 11 is 0. The molecule has 0 unspecified atom stereocenters. The molecule has 0 saturated carbocycles. The van der Waals surface area contributed by atoms with Crippen molar-refractivity contribution in [2.45, 2.75) is 19.8 Å². The largest absolute Gasteiger partial charge is 0.480 e. The SMILES string of the molecule is CNCCC(=O)N(CC(=O)O)CC(=O)NCCC(C)=O. The first-order valence-corrected chi connectivity index (χ1v) is 6.27. The summed E-state index contributed by atoms with van der Waals surface area (Å²) in [5.74, 6) is -2.13. The number of nitrogens with one attached hydrogen (secondary N) is 2. The zero-order chi connectivity index (χ0) is 15.5. The van der Waals surface area contributed by atoms with E-state index in [-0.39, 0.29) is 31.7 Å². The van der Waals surface area contributed by atoms with Crippen LogP contribution in [0.3, 0.4) is 0 Å². The number of ketones is 1. The van der Waals surface area contributed by atoms with Gasteiger partial charge in [-0.2, -0.15) is 0 Å². The zero-order valence-electron chi connectivity index (χ0n) is 11.8.